The molecule has 2 aromatic rings. The van der Waals surface area contributed by atoms with E-state index in [1.165, 1.54) is 0 Å². The first-order valence-electron chi connectivity index (χ1n) is 6.45. The Morgan fingerprint density at radius 3 is 2.68 bits per heavy atom. The lowest BCUT2D eigenvalue weighted by Crippen LogP contribution is -2.04. The summed E-state index contributed by atoms with van der Waals surface area (Å²) in [6, 6.07) is 11.8. The Kier molecular flexibility index (Phi) is 4.97. The summed E-state index contributed by atoms with van der Waals surface area (Å²) in [4.78, 5) is 11.7. The van der Waals surface area contributed by atoms with Crippen molar-refractivity contribution in [2.75, 3.05) is 11.9 Å². The van der Waals surface area contributed by atoms with E-state index in [-0.39, 0.29) is 5.78 Å². The van der Waals surface area contributed by atoms with Gasteiger partial charge in [0.25, 0.3) is 0 Å². The van der Waals surface area contributed by atoms with Gasteiger partial charge in [0, 0.05) is 10.7 Å². The van der Waals surface area contributed by atoms with E-state index >= 15 is 0 Å². The molecule has 2 rings (SSSR count). The first-order chi connectivity index (χ1) is 9.24. The SMILES string of the molecule is CC(=O)c1ccc2ccccc2c1OCCCCBr. The summed E-state index contributed by atoms with van der Waals surface area (Å²) in [5.74, 6) is 0.765. The van der Waals surface area contributed by atoms with E-state index in [9.17, 15) is 4.79 Å². The third-order valence-corrected chi connectivity index (χ3v) is 3.59. The number of unbranched alkanes of at least 4 members (excludes halogenated alkanes) is 1. The Bertz CT molecular complexity index is 578. The van der Waals surface area contributed by atoms with Crippen LogP contribution in [-0.2, 0) is 0 Å². The van der Waals surface area contributed by atoms with Crippen LogP contribution in [0.3, 0.4) is 0 Å². The van der Waals surface area contributed by atoms with Gasteiger partial charge >= 0.3 is 0 Å². The number of fused-ring (bicyclic) bond motifs is 1. The molecule has 0 aliphatic rings. The van der Waals surface area contributed by atoms with Gasteiger partial charge in [0.1, 0.15) is 5.75 Å². The summed E-state index contributed by atoms with van der Waals surface area (Å²) in [6.07, 6.45) is 2.05. The molecular formula is C16H17BrO2. The molecule has 0 atom stereocenters. The van der Waals surface area contributed by atoms with E-state index in [0.29, 0.717) is 12.2 Å². The highest BCUT2D eigenvalue weighted by molar-refractivity contribution is 9.09. The molecule has 0 amide bonds. The predicted molar refractivity (Wildman–Crippen MR) is 82.5 cm³/mol. The van der Waals surface area contributed by atoms with E-state index in [4.69, 9.17) is 4.74 Å². The van der Waals surface area contributed by atoms with Crippen LogP contribution in [-0.4, -0.2) is 17.7 Å². The molecule has 0 heterocycles. The van der Waals surface area contributed by atoms with Gasteiger partial charge in [0.05, 0.1) is 12.2 Å². The molecule has 2 nitrogen and oxygen atoms in total. The van der Waals surface area contributed by atoms with Crippen LogP contribution in [0.15, 0.2) is 36.4 Å². The fourth-order valence-electron chi connectivity index (χ4n) is 2.05. The predicted octanol–water partition coefficient (Wildman–Crippen LogP) is 4.60. The summed E-state index contributed by atoms with van der Waals surface area (Å²) in [7, 11) is 0. The number of carbonyl (C=O) groups excluding carboxylic acids is 1. The number of halogens is 1. The maximum Gasteiger partial charge on any atom is 0.163 e. The molecule has 19 heavy (non-hydrogen) atoms. The highest BCUT2D eigenvalue weighted by atomic mass is 79.9. The zero-order valence-corrected chi connectivity index (χ0v) is 12.6. The fourth-order valence-corrected chi connectivity index (χ4v) is 2.44. The summed E-state index contributed by atoms with van der Waals surface area (Å²) in [5.41, 5.74) is 0.664. The van der Waals surface area contributed by atoms with Crippen molar-refractivity contribution in [1.29, 1.82) is 0 Å². The molecular weight excluding hydrogens is 304 g/mol. The van der Waals surface area contributed by atoms with E-state index in [1.54, 1.807) is 6.92 Å². The summed E-state index contributed by atoms with van der Waals surface area (Å²) in [5, 5.41) is 3.09. The van der Waals surface area contributed by atoms with Crippen LogP contribution in [0.4, 0.5) is 0 Å². The van der Waals surface area contributed by atoms with Crippen molar-refractivity contribution in [3.8, 4) is 5.75 Å². The normalized spacial score (nSPS) is 10.6. The number of hydrogen-bond acceptors (Lipinski definition) is 2. The second-order valence-corrected chi connectivity index (χ2v) is 5.26. The maximum absolute atomic E-state index is 11.7. The van der Waals surface area contributed by atoms with Gasteiger partial charge in [0.15, 0.2) is 5.78 Å². The highest BCUT2D eigenvalue weighted by Gasteiger charge is 2.12. The standard InChI is InChI=1S/C16H17BrO2/c1-12(18)14-9-8-13-6-2-3-7-15(13)16(14)19-11-5-4-10-17/h2-3,6-9H,4-5,10-11H2,1H3. The van der Waals surface area contributed by atoms with Crippen molar-refractivity contribution in [2.24, 2.45) is 0 Å². The smallest absolute Gasteiger partial charge is 0.163 e. The molecule has 0 aliphatic heterocycles. The number of benzene rings is 2. The average Bonchev–Trinajstić information content (AvgIpc) is 2.43. The molecule has 100 valence electrons. The van der Waals surface area contributed by atoms with Crippen LogP contribution in [0.5, 0.6) is 5.75 Å². The number of alkyl halides is 1. The summed E-state index contributed by atoms with van der Waals surface area (Å²) >= 11 is 3.40. The number of rotatable bonds is 6. The van der Waals surface area contributed by atoms with Gasteiger partial charge in [-0.2, -0.15) is 0 Å². The number of Topliss-reactive ketones (excluding diaryl/α,β-unsaturated/α-hetero) is 1. The van der Waals surface area contributed by atoms with Crippen LogP contribution in [0.25, 0.3) is 10.8 Å². The van der Waals surface area contributed by atoms with Crippen molar-refractivity contribution < 1.29 is 9.53 Å². The maximum atomic E-state index is 11.7. The number of hydrogen-bond donors (Lipinski definition) is 0. The van der Waals surface area contributed by atoms with Gasteiger partial charge in [0.2, 0.25) is 0 Å². The first kappa shape index (κ1) is 14.1. The number of carbonyl (C=O) groups is 1. The molecule has 0 unspecified atom stereocenters. The zero-order chi connectivity index (χ0) is 13.7. The molecule has 0 aromatic heterocycles. The molecule has 0 fully saturated rings. The van der Waals surface area contributed by atoms with Gasteiger partial charge in [-0.1, -0.05) is 46.3 Å². The van der Waals surface area contributed by atoms with Crippen LogP contribution < -0.4 is 4.74 Å². The highest BCUT2D eigenvalue weighted by Crippen LogP contribution is 2.30. The van der Waals surface area contributed by atoms with Crippen molar-refractivity contribution >= 4 is 32.5 Å². The minimum absolute atomic E-state index is 0.0428. The Balaban J connectivity index is 2.35. The molecule has 0 radical (unpaired) electrons. The fraction of sp³-hybridized carbons (Fsp3) is 0.312. The van der Waals surface area contributed by atoms with Crippen molar-refractivity contribution in [1.82, 2.24) is 0 Å². The number of ketones is 1. The van der Waals surface area contributed by atoms with Gasteiger partial charge in [-0.25, -0.2) is 0 Å². The lowest BCUT2D eigenvalue weighted by Gasteiger charge is -2.12. The molecule has 0 saturated heterocycles. The van der Waals surface area contributed by atoms with Gasteiger partial charge < -0.3 is 4.74 Å². The molecule has 0 spiro atoms. The third-order valence-electron chi connectivity index (χ3n) is 3.03. The molecule has 0 bridgehead atoms. The van der Waals surface area contributed by atoms with Crippen LogP contribution >= 0.6 is 15.9 Å². The second kappa shape index (κ2) is 6.71. The largest absolute Gasteiger partial charge is 0.492 e. The van der Waals surface area contributed by atoms with Gasteiger partial charge in [-0.3, -0.25) is 4.79 Å². The van der Waals surface area contributed by atoms with E-state index in [0.717, 1.165) is 34.7 Å². The quantitative estimate of drug-likeness (QED) is 0.442. The van der Waals surface area contributed by atoms with Crippen LogP contribution in [0.1, 0.15) is 30.1 Å². The topological polar surface area (TPSA) is 26.3 Å². The van der Waals surface area contributed by atoms with Crippen molar-refractivity contribution in [3.05, 3.63) is 42.0 Å². The Morgan fingerprint density at radius 1 is 1.16 bits per heavy atom. The molecule has 0 aliphatic carbocycles. The number of ether oxygens (including phenoxy) is 1. The van der Waals surface area contributed by atoms with Crippen molar-refractivity contribution in [2.45, 2.75) is 19.8 Å². The second-order valence-electron chi connectivity index (χ2n) is 4.46. The monoisotopic (exact) mass is 320 g/mol. The Labute approximate surface area is 121 Å². The van der Waals surface area contributed by atoms with E-state index in [1.807, 2.05) is 36.4 Å². The first-order valence-corrected chi connectivity index (χ1v) is 7.57. The Morgan fingerprint density at radius 2 is 1.95 bits per heavy atom. The zero-order valence-electron chi connectivity index (χ0n) is 11.0. The average molecular weight is 321 g/mol. The third kappa shape index (κ3) is 3.35. The summed E-state index contributed by atoms with van der Waals surface area (Å²) in [6.45, 7) is 2.22. The van der Waals surface area contributed by atoms with Crippen LogP contribution in [0.2, 0.25) is 0 Å². The molecule has 2 aromatic carbocycles. The van der Waals surface area contributed by atoms with Crippen LogP contribution in [0, 0.1) is 0 Å². The van der Waals surface area contributed by atoms with Gasteiger partial charge in [-0.05, 0) is 31.2 Å². The molecule has 3 heteroatoms. The lowest BCUT2D eigenvalue weighted by atomic mass is 10.0. The van der Waals surface area contributed by atoms with Crippen molar-refractivity contribution in [3.63, 3.8) is 0 Å². The molecule has 0 saturated carbocycles. The van der Waals surface area contributed by atoms with Gasteiger partial charge in [-0.15, -0.1) is 0 Å². The summed E-state index contributed by atoms with van der Waals surface area (Å²) < 4.78 is 5.87. The van der Waals surface area contributed by atoms with E-state index < -0.39 is 0 Å². The van der Waals surface area contributed by atoms with E-state index in [2.05, 4.69) is 15.9 Å². The minimum Gasteiger partial charge on any atom is -0.492 e. The Hall–Kier alpha value is -1.35. The minimum atomic E-state index is 0.0428. The lowest BCUT2D eigenvalue weighted by molar-refractivity contribution is 0.101. The molecule has 0 N–H and O–H groups in total.